The number of ether oxygens (including phenoxy) is 1. The normalized spacial score (nSPS) is 19.5. The van der Waals surface area contributed by atoms with Crippen molar-refractivity contribution in [1.82, 2.24) is 14.8 Å². The Morgan fingerprint density at radius 3 is 2.29 bits per heavy atom. The molecule has 9 heteroatoms. The summed E-state index contributed by atoms with van der Waals surface area (Å²) in [6.07, 6.45) is 3.27. The zero-order chi connectivity index (χ0) is 20.3. The Morgan fingerprint density at radius 2 is 1.79 bits per heavy atom. The molecular weight excluding hydrogens is 362 g/mol. The van der Waals surface area contributed by atoms with Crippen LogP contribution in [0.1, 0.15) is 33.6 Å². The average Bonchev–Trinajstić information content (AvgIpc) is 2.67. The van der Waals surface area contributed by atoms with Crippen LogP contribution in [0.5, 0.6) is 0 Å². The van der Waals surface area contributed by atoms with E-state index in [1.807, 2.05) is 20.8 Å². The molecule has 0 bridgehead atoms. The van der Waals surface area contributed by atoms with Crippen molar-refractivity contribution in [3.8, 4) is 0 Å². The first-order valence-electron chi connectivity index (χ1n) is 9.80. The first-order chi connectivity index (χ1) is 13.2. The summed E-state index contributed by atoms with van der Waals surface area (Å²) in [5.41, 5.74) is 0.460. The number of hydrogen-bond acceptors (Lipinski definition) is 7. The zero-order valence-electron chi connectivity index (χ0n) is 16.8. The lowest BCUT2D eigenvalue weighted by atomic mass is 10.0. The molecule has 9 nitrogen and oxygen atoms in total. The summed E-state index contributed by atoms with van der Waals surface area (Å²) >= 11 is 0. The maximum absolute atomic E-state index is 12.2. The Morgan fingerprint density at radius 1 is 1.14 bits per heavy atom. The minimum atomic E-state index is -0.481. The van der Waals surface area contributed by atoms with Crippen LogP contribution in [0.4, 0.5) is 16.3 Å². The van der Waals surface area contributed by atoms with Crippen molar-refractivity contribution in [2.24, 2.45) is 0 Å². The summed E-state index contributed by atoms with van der Waals surface area (Å²) in [5.74, 6) is -0.126. The van der Waals surface area contributed by atoms with Crippen molar-refractivity contribution in [3.63, 3.8) is 0 Å². The predicted molar refractivity (Wildman–Crippen MR) is 106 cm³/mol. The van der Waals surface area contributed by atoms with Gasteiger partial charge in [0.2, 0.25) is 0 Å². The van der Waals surface area contributed by atoms with Crippen molar-refractivity contribution in [2.75, 3.05) is 44.2 Å². The van der Waals surface area contributed by atoms with E-state index in [1.165, 1.54) is 6.07 Å². The maximum atomic E-state index is 12.2. The molecule has 2 aliphatic heterocycles. The number of amides is 1. The molecule has 0 radical (unpaired) electrons. The monoisotopic (exact) mass is 391 g/mol. The number of carbonyl (C=O) groups excluding carboxylic acids is 1. The fourth-order valence-electron chi connectivity index (χ4n) is 3.76. The van der Waals surface area contributed by atoms with Crippen molar-refractivity contribution >= 4 is 17.6 Å². The summed E-state index contributed by atoms with van der Waals surface area (Å²) in [6, 6.07) is 3.70. The second kappa shape index (κ2) is 8.30. The van der Waals surface area contributed by atoms with Crippen LogP contribution >= 0.6 is 0 Å². The molecule has 1 amide bonds. The van der Waals surface area contributed by atoms with Crippen LogP contribution in [0.25, 0.3) is 0 Å². The molecule has 0 N–H and O–H groups in total. The molecular formula is C19H29N5O4. The summed E-state index contributed by atoms with van der Waals surface area (Å²) in [7, 11) is 0. The van der Waals surface area contributed by atoms with Gasteiger partial charge in [0.1, 0.15) is 5.60 Å². The van der Waals surface area contributed by atoms with Crippen molar-refractivity contribution < 1.29 is 14.5 Å². The molecule has 2 aliphatic rings. The minimum absolute atomic E-state index is 0.126. The first-order valence-corrected chi connectivity index (χ1v) is 9.80. The minimum Gasteiger partial charge on any atom is -0.444 e. The highest BCUT2D eigenvalue weighted by Crippen LogP contribution is 2.23. The van der Waals surface area contributed by atoms with Gasteiger partial charge in [-0.3, -0.25) is 4.90 Å². The summed E-state index contributed by atoms with van der Waals surface area (Å²) < 4.78 is 5.46. The van der Waals surface area contributed by atoms with Gasteiger partial charge >= 0.3 is 11.9 Å². The molecule has 0 atom stereocenters. The van der Waals surface area contributed by atoms with Crippen LogP contribution in [0.3, 0.4) is 0 Å². The SMILES string of the molecule is CC(C)(C)OC(=O)N1CCC(N2CCN(c3ccc([N+](=O)[O-])nc3)CC2)CC1. The average molecular weight is 391 g/mol. The Bertz CT molecular complexity index is 687. The molecule has 2 fully saturated rings. The highest BCUT2D eigenvalue weighted by atomic mass is 16.6. The third-order valence-corrected chi connectivity index (χ3v) is 5.23. The largest absolute Gasteiger partial charge is 0.444 e. The predicted octanol–water partition coefficient (Wildman–Crippen LogP) is 2.51. The van der Waals surface area contributed by atoms with Crippen molar-refractivity contribution in [3.05, 3.63) is 28.4 Å². The van der Waals surface area contributed by atoms with E-state index in [0.29, 0.717) is 6.04 Å². The second-order valence-electron chi connectivity index (χ2n) is 8.35. The van der Waals surface area contributed by atoms with Gasteiger partial charge in [-0.25, -0.2) is 4.79 Å². The molecule has 0 aromatic carbocycles. The fourth-order valence-corrected chi connectivity index (χ4v) is 3.76. The quantitative estimate of drug-likeness (QED) is 0.577. The Balaban J connectivity index is 1.46. The van der Waals surface area contributed by atoms with Gasteiger partial charge in [-0.1, -0.05) is 0 Å². The summed E-state index contributed by atoms with van der Waals surface area (Å²) in [6.45, 7) is 10.7. The maximum Gasteiger partial charge on any atom is 0.410 e. The second-order valence-corrected chi connectivity index (χ2v) is 8.35. The Kier molecular flexibility index (Phi) is 6.02. The van der Waals surface area contributed by atoms with Gasteiger partial charge in [-0.2, -0.15) is 0 Å². The highest BCUT2D eigenvalue weighted by Gasteiger charge is 2.31. The van der Waals surface area contributed by atoms with Crippen LogP contribution < -0.4 is 4.90 Å². The zero-order valence-corrected chi connectivity index (χ0v) is 16.8. The summed E-state index contributed by atoms with van der Waals surface area (Å²) in [5, 5.41) is 10.7. The Labute approximate surface area is 165 Å². The Hall–Kier alpha value is -2.42. The van der Waals surface area contributed by atoms with Gasteiger partial charge in [0.25, 0.3) is 0 Å². The number of nitro groups is 1. The first kappa shape index (κ1) is 20.3. The van der Waals surface area contributed by atoms with E-state index in [1.54, 1.807) is 17.2 Å². The third kappa shape index (κ3) is 5.09. The summed E-state index contributed by atoms with van der Waals surface area (Å²) in [4.78, 5) is 32.9. The van der Waals surface area contributed by atoms with Crippen LogP contribution in [-0.2, 0) is 4.74 Å². The molecule has 28 heavy (non-hydrogen) atoms. The molecule has 3 heterocycles. The fraction of sp³-hybridized carbons (Fsp3) is 0.684. The van der Waals surface area contributed by atoms with Crippen molar-refractivity contribution in [2.45, 2.75) is 45.3 Å². The van der Waals surface area contributed by atoms with E-state index in [0.717, 1.165) is 57.8 Å². The van der Waals surface area contributed by atoms with E-state index < -0.39 is 10.5 Å². The van der Waals surface area contributed by atoms with Crippen LogP contribution in [0, 0.1) is 10.1 Å². The molecule has 0 spiro atoms. The number of aromatic nitrogens is 1. The molecule has 0 saturated carbocycles. The van der Waals surface area contributed by atoms with Gasteiger partial charge in [-0.05, 0) is 49.6 Å². The number of nitrogens with zero attached hydrogens (tertiary/aromatic N) is 5. The van der Waals surface area contributed by atoms with E-state index in [4.69, 9.17) is 4.74 Å². The number of anilines is 1. The van der Waals surface area contributed by atoms with E-state index in [9.17, 15) is 14.9 Å². The molecule has 1 aromatic rings. The number of piperidine rings is 1. The molecule has 2 saturated heterocycles. The molecule has 0 aliphatic carbocycles. The van der Waals surface area contributed by atoms with Crippen molar-refractivity contribution in [1.29, 1.82) is 0 Å². The number of carbonyl (C=O) groups is 1. The van der Waals surface area contributed by atoms with Gasteiger partial charge in [0, 0.05) is 51.4 Å². The standard InChI is InChI=1S/C19H29N5O4/c1-19(2,3)28-18(25)23-8-6-15(7-9-23)21-10-12-22(13-11-21)16-4-5-17(20-14-16)24(26)27/h4-5,14-15H,6-13H2,1-3H3. The third-order valence-electron chi connectivity index (χ3n) is 5.23. The number of pyridine rings is 1. The number of rotatable bonds is 3. The number of hydrogen-bond donors (Lipinski definition) is 0. The van der Waals surface area contributed by atoms with Gasteiger partial charge in [0.15, 0.2) is 6.20 Å². The lowest BCUT2D eigenvalue weighted by Crippen LogP contribution is -2.54. The number of likely N-dealkylation sites (tertiary alicyclic amines) is 1. The van der Waals surface area contributed by atoms with E-state index in [2.05, 4.69) is 14.8 Å². The molecule has 1 aromatic heterocycles. The topological polar surface area (TPSA) is 92.0 Å². The van der Waals surface area contributed by atoms with Crippen LogP contribution in [0.15, 0.2) is 18.3 Å². The van der Waals surface area contributed by atoms with Gasteiger partial charge in [-0.15, -0.1) is 0 Å². The van der Waals surface area contributed by atoms with Gasteiger partial charge in [0.05, 0.1) is 5.69 Å². The molecule has 0 unspecified atom stereocenters. The highest BCUT2D eigenvalue weighted by molar-refractivity contribution is 5.68. The van der Waals surface area contributed by atoms with Crippen LogP contribution in [-0.4, -0.2) is 76.7 Å². The van der Waals surface area contributed by atoms with E-state index in [-0.39, 0.29) is 11.9 Å². The van der Waals surface area contributed by atoms with Gasteiger partial charge < -0.3 is 24.7 Å². The lowest BCUT2D eigenvalue weighted by Gasteiger charge is -2.43. The smallest absolute Gasteiger partial charge is 0.410 e. The molecule has 3 rings (SSSR count). The molecule has 154 valence electrons. The van der Waals surface area contributed by atoms with Crippen LogP contribution in [0.2, 0.25) is 0 Å². The van der Waals surface area contributed by atoms with E-state index >= 15 is 0 Å². The lowest BCUT2D eigenvalue weighted by molar-refractivity contribution is -0.389. The number of piperazine rings is 1.